The minimum Gasteiger partial charge on any atom is -0.476 e. The van der Waals surface area contributed by atoms with E-state index in [9.17, 15) is 9.90 Å². The summed E-state index contributed by atoms with van der Waals surface area (Å²) in [7, 11) is 0. The Kier molecular flexibility index (Phi) is 2.95. The molecule has 3 aromatic rings. The lowest BCUT2D eigenvalue weighted by Crippen LogP contribution is -2.01. The number of hydrogen-bond donors (Lipinski definition) is 1. The van der Waals surface area contributed by atoms with Crippen LogP contribution in [-0.2, 0) is 0 Å². The Morgan fingerprint density at radius 2 is 1.95 bits per heavy atom. The van der Waals surface area contributed by atoms with Gasteiger partial charge in [-0.1, -0.05) is 35.9 Å². The molecule has 5 heteroatoms. The van der Waals surface area contributed by atoms with Crippen LogP contribution >= 0.6 is 11.6 Å². The van der Waals surface area contributed by atoms with Crippen LogP contribution < -0.4 is 0 Å². The van der Waals surface area contributed by atoms with Crippen LogP contribution in [0.25, 0.3) is 16.9 Å². The minimum absolute atomic E-state index is 0.00685. The van der Waals surface area contributed by atoms with Crippen LogP contribution in [0.2, 0.25) is 5.02 Å². The third kappa shape index (κ3) is 1.85. The summed E-state index contributed by atoms with van der Waals surface area (Å²) in [5.41, 5.74) is 2.67. The van der Waals surface area contributed by atoms with Crippen molar-refractivity contribution in [3.63, 3.8) is 0 Å². The van der Waals surface area contributed by atoms with E-state index in [1.807, 2.05) is 35.6 Å². The molecule has 2 heterocycles. The maximum absolute atomic E-state index is 11.5. The van der Waals surface area contributed by atoms with E-state index in [1.54, 1.807) is 18.2 Å². The van der Waals surface area contributed by atoms with Crippen LogP contribution in [0, 0.1) is 6.92 Å². The SMILES string of the molecule is Cc1cccc2nc(C(=O)O)c(-c3ccccc3Cl)n12. The number of aryl methyl sites for hydroxylation is 1. The quantitative estimate of drug-likeness (QED) is 0.782. The number of carboxylic acid groups (broad SMARTS) is 1. The molecule has 0 spiro atoms. The summed E-state index contributed by atoms with van der Waals surface area (Å²) >= 11 is 6.21. The fraction of sp³-hybridized carbons (Fsp3) is 0.0667. The first-order valence-electron chi connectivity index (χ1n) is 6.06. The molecule has 0 unspecified atom stereocenters. The first-order chi connectivity index (χ1) is 9.59. The fourth-order valence-corrected chi connectivity index (χ4v) is 2.53. The number of aromatic nitrogens is 2. The maximum atomic E-state index is 11.5. The van der Waals surface area contributed by atoms with E-state index in [1.165, 1.54) is 0 Å². The summed E-state index contributed by atoms with van der Waals surface area (Å²) in [6, 6.07) is 12.7. The summed E-state index contributed by atoms with van der Waals surface area (Å²) in [5.74, 6) is -1.07. The van der Waals surface area contributed by atoms with E-state index in [-0.39, 0.29) is 5.69 Å². The van der Waals surface area contributed by atoms with Crippen molar-refractivity contribution in [2.45, 2.75) is 6.92 Å². The second-order valence-electron chi connectivity index (χ2n) is 4.45. The highest BCUT2D eigenvalue weighted by atomic mass is 35.5. The van der Waals surface area contributed by atoms with Crippen molar-refractivity contribution in [1.82, 2.24) is 9.38 Å². The van der Waals surface area contributed by atoms with Gasteiger partial charge < -0.3 is 5.11 Å². The molecule has 0 radical (unpaired) electrons. The van der Waals surface area contributed by atoms with Gasteiger partial charge in [-0.3, -0.25) is 4.40 Å². The zero-order chi connectivity index (χ0) is 14.3. The molecule has 1 aromatic carbocycles. The van der Waals surface area contributed by atoms with Crippen LogP contribution in [0.1, 0.15) is 16.2 Å². The van der Waals surface area contributed by atoms with Gasteiger partial charge >= 0.3 is 5.97 Å². The second-order valence-corrected chi connectivity index (χ2v) is 4.86. The number of hydrogen-bond acceptors (Lipinski definition) is 2. The summed E-state index contributed by atoms with van der Waals surface area (Å²) in [6.07, 6.45) is 0. The molecular formula is C15H11ClN2O2. The molecule has 1 N–H and O–H groups in total. The largest absolute Gasteiger partial charge is 0.476 e. The standard InChI is InChI=1S/C15H11ClN2O2/c1-9-5-4-8-12-17-13(15(19)20)14(18(9)12)10-6-2-3-7-11(10)16/h2-8H,1H3,(H,19,20). The third-order valence-electron chi connectivity index (χ3n) is 3.17. The summed E-state index contributed by atoms with van der Waals surface area (Å²) in [5, 5.41) is 9.89. The smallest absolute Gasteiger partial charge is 0.356 e. The molecule has 0 saturated heterocycles. The number of pyridine rings is 1. The number of nitrogens with zero attached hydrogens (tertiary/aromatic N) is 2. The molecule has 3 rings (SSSR count). The van der Waals surface area contributed by atoms with Gasteiger partial charge in [-0.2, -0.15) is 0 Å². The third-order valence-corrected chi connectivity index (χ3v) is 3.50. The number of fused-ring (bicyclic) bond motifs is 1. The minimum atomic E-state index is -1.07. The average molecular weight is 287 g/mol. The topological polar surface area (TPSA) is 54.6 Å². The van der Waals surface area contributed by atoms with Gasteiger partial charge in [0, 0.05) is 16.3 Å². The molecule has 0 aliphatic carbocycles. The van der Waals surface area contributed by atoms with Gasteiger partial charge in [0.15, 0.2) is 5.69 Å². The highest BCUT2D eigenvalue weighted by Crippen LogP contribution is 2.31. The number of benzene rings is 1. The first kappa shape index (κ1) is 12.7. The molecule has 0 aliphatic heterocycles. The number of carbonyl (C=O) groups is 1. The Hall–Kier alpha value is -2.33. The van der Waals surface area contributed by atoms with E-state index in [4.69, 9.17) is 11.6 Å². The van der Waals surface area contributed by atoms with Crippen LogP contribution in [0.5, 0.6) is 0 Å². The summed E-state index contributed by atoms with van der Waals surface area (Å²) in [4.78, 5) is 15.7. The van der Waals surface area contributed by atoms with E-state index in [0.29, 0.717) is 21.9 Å². The molecule has 2 aromatic heterocycles. The number of carboxylic acids is 1. The molecule has 0 amide bonds. The number of rotatable bonds is 2. The lowest BCUT2D eigenvalue weighted by Gasteiger charge is -2.08. The van der Waals surface area contributed by atoms with Crippen molar-refractivity contribution in [3.8, 4) is 11.3 Å². The molecule has 0 saturated carbocycles. The molecular weight excluding hydrogens is 276 g/mol. The number of imidazole rings is 1. The van der Waals surface area contributed by atoms with Crippen molar-refractivity contribution in [3.05, 3.63) is 58.9 Å². The van der Waals surface area contributed by atoms with Gasteiger partial charge in [-0.25, -0.2) is 9.78 Å². The van der Waals surface area contributed by atoms with Crippen LogP contribution in [-0.4, -0.2) is 20.5 Å². The fourth-order valence-electron chi connectivity index (χ4n) is 2.31. The normalized spacial score (nSPS) is 10.9. The summed E-state index contributed by atoms with van der Waals surface area (Å²) in [6.45, 7) is 1.90. The Labute approximate surface area is 120 Å². The van der Waals surface area contributed by atoms with E-state index in [2.05, 4.69) is 4.98 Å². The van der Waals surface area contributed by atoms with Gasteiger partial charge in [-0.05, 0) is 25.1 Å². The molecule has 0 atom stereocenters. The second kappa shape index (κ2) is 4.65. The highest BCUT2D eigenvalue weighted by Gasteiger charge is 2.21. The van der Waals surface area contributed by atoms with Gasteiger partial charge in [0.25, 0.3) is 0 Å². The Morgan fingerprint density at radius 1 is 1.20 bits per heavy atom. The molecule has 0 bridgehead atoms. The van der Waals surface area contributed by atoms with Gasteiger partial charge in [0.1, 0.15) is 5.65 Å². The van der Waals surface area contributed by atoms with Crippen LogP contribution in [0.15, 0.2) is 42.5 Å². The first-order valence-corrected chi connectivity index (χ1v) is 6.43. The van der Waals surface area contributed by atoms with Gasteiger partial charge in [0.05, 0.1) is 5.69 Å². The van der Waals surface area contributed by atoms with Crippen molar-refractivity contribution in [2.75, 3.05) is 0 Å². The molecule has 0 fully saturated rings. The summed E-state index contributed by atoms with van der Waals surface area (Å²) < 4.78 is 1.81. The molecule has 0 aliphatic rings. The van der Waals surface area contributed by atoms with E-state index >= 15 is 0 Å². The van der Waals surface area contributed by atoms with Crippen molar-refractivity contribution >= 4 is 23.2 Å². The van der Waals surface area contributed by atoms with Crippen molar-refractivity contribution < 1.29 is 9.90 Å². The molecule has 20 heavy (non-hydrogen) atoms. The highest BCUT2D eigenvalue weighted by molar-refractivity contribution is 6.33. The Bertz CT molecular complexity index is 824. The lowest BCUT2D eigenvalue weighted by atomic mass is 10.1. The van der Waals surface area contributed by atoms with Crippen LogP contribution in [0.3, 0.4) is 0 Å². The van der Waals surface area contributed by atoms with Crippen LogP contribution in [0.4, 0.5) is 0 Å². The van der Waals surface area contributed by atoms with Crippen molar-refractivity contribution in [1.29, 1.82) is 0 Å². The van der Waals surface area contributed by atoms with Gasteiger partial charge in [-0.15, -0.1) is 0 Å². The zero-order valence-corrected chi connectivity index (χ0v) is 11.4. The predicted octanol–water partition coefficient (Wildman–Crippen LogP) is 3.66. The monoisotopic (exact) mass is 286 g/mol. The molecule has 4 nitrogen and oxygen atoms in total. The maximum Gasteiger partial charge on any atom is 0.356 e. The van der Waals surface area contributed by atoms with E-state index < -0.39 is 5.97 Å². The number of aromatic carboxylic acids is 1. The number of halogens is 1. The Morgan fingerprint density at radius 3 is 2.65 bits per heavy atom. The average Bonchev–Trinajstić information content (AvgIpc) is 2.80. The van der Waals surface area contributed by atoms with Crippen molar-refractivity contribution in [2.24, 2.45) is 0 Å². The zero-order valence-electron chi connectivity index (χ0n) is 10.7. The van der Waals surface area contributed by atoms with Gasteiger partial charge in [0.2, 0.25) is 0 Å². The lowest BCUT2D eigenvalue weighted by molar-refractivity contribution is 0.0692. The Balaban J connectivity index is 2.47. The predicted molar refractivity (Wildman–Crippen MR) is 77.3 cm³/mol. The van der Waals surface area contributed by atoms with E-state index in [0.717, 1.165) is 5.69 Å². The molecule has 100 valence electrons.